The van der Waals surface area contributed by atoms with Crippen molar-refractivity contribution in [2.75, 3.05) is 6.54 Å². The molecule has 3 N–H and O–H groups in total. The average Bonchev–Trinajstić information content (AvgIpc) is 2.66. The third-order valence-corrected chi connectivity index (χ3v) is 3.03. The van der Waals surface area contributed by atoms with Gasteiger partial charge in [-0.1, -0.05) is 0 Å². The SMILES string of the molecule is Cc1cc(C)n(C(C)CC(=O)NCC(C)(O)C(=O)O)n1. The number of carbonyl (C=O) groups excluding carboxylic acids is 1. The second-order valence-electron chi connectivity index (χ2n) is 5.28. The average molecular weight is 283 g/mol. The molecule has 0 saturated carbocycles. The number of nitrogens with zero attached hydrogens (tertiary/aromatic N) is 2. The van der Waals surface area contributed by atoms with E-state index in [1.165, 1.54) is 0 Å². The summed E-state index contributed by atoms with van der Waals surface area (Å²) >= 11 is 0. The molecular weight excluding hydrogens is 262 g/mol. The normalized spacial score (nSPS) is 15.4. The first-order valence-corrected chi connectivity index (χ1v) is 6.38. The molecule has 0 spiro atoms. The maximum Gasteiger partial charge on any atom is 0.337 e. The van der Waals surface area contributed by atoms with Crippen molar-refractivity contribution < 1.29 is 19.8 Å². The van der Waals surface area contributed by atoms with Crippen LogP contribution in [-0.4, -0.2) is 44.0 Å². The van der Waals surface area contributed by atoms with E-state index in [1.807, 2.05) is 26.8 Å². The molecule has 7 heteroatoms. The van der Waals surface area contributed by atoms with Crippen molar-refractivity contribution in [3.05, 3.63) is 17.5 Å². The molecule has 20 heavy (non-hydrogen) atoms. The maximum atomic E-state index is 11.8. The first-order valence-electron chi connectivity index (χ1n) is 6.38. The molecule has 0 aliphatic carbocycles. The molecule has 0 aromatic carbocycles. The lowest BCUT2D eigenvalue weighted by molar-refractivity contribution is -0.156. The molecule has 0 bridgehead atoms. The smallest absolute Gasteiger partial charge is 0.337 e. The number of aliphatic carboxylic acids is 1. The van der Waals surface area contributed by atoms with Crippen molar-refractivity contribution in [1.82, 2.24) is 15.1 Å². The van der Waals surface area contributed by atoms with Crippen LogP contribution in [-0.2, 0) is 9.59 Å². The summed E-state index contributed by atoms with van der Waals surface area (Å²) in [6, 6.07) is 1.78. The summed E-state index contributed by atoms with van der Waals surface area (Å²) in [6.45, 7) is 6.45. The standard InChI is InChI=1S/C13H21N3O4/c1-8-5-9(2)16(15-8)10(3)6-11(17)14-7-13(4,20)12(18)19/h5,10,20H,6-7H2,1-4H3,(H,14,17)(H,18,19). The zero-order chi connectivity index (χ0) is 15.5. The van der Waals surface area contributed by atoms with Gasteiger partial charge in [0.15, 0.2) is 5.60 Å². The predicted molar refractivity (Wildman–Crippen MR) is 72.3 cm³/mol. The van der Waals surface area contributed by atoms with Gasteiger partial charge in [-0.25, -0.2) is 4.79 Å². The van der Waals surface area contributed by atoms with Crippen LogP contribution in [0.2, 0.25) is 0 Å². The largest absolute Gasteiger partial charge is 0.479 e. The Bertz CT molecular complexity index is 508. The highest BCUT2D eigenvalue weighted by Gasteiger charge is 2.30. The summed E-state index contributed by atoms with van der Waals surface area (Å²) in [7, 11) is 0. The molecule has 0 radical (unpaired) electrons. The lowest BCUT2D eigenvalue weighted by atomic mass is 10.1. The molecule has 2 unspecified atom stereocenters. The molecule has 112 valence electrons. The van der Waals surface area contributed by atoms with Crippen LogP contribution in [0.4, 0.5) is 0 Å². The van der Waals surface area contributed by atoms with Crippen LogP contribution in [0.15, 0.2) is 6.07 Å². The van der Waals surface area contributed by atoms with Gasteiger partial charge >= 0.3 is 5.97 Å². The first kappa shape index (κ1) is 16.2. The van der Waals surface area contributed by atoms with Crippen LogP contribution < -0.4 is 5.32 Å². The van der Waals surface area contributed by atoms with Crippen LogP contribution in [0.5, 0.6) is 0 Å². The Kier molecular flexibility index (Phi) is 4.88. The monoisotopic (exact) mass is 283 g/mol. The van der Waals surface area contributed by atoms with E-state index in [-0.39, 0.29) is 24.9 Å². The molecule has 0 aliphatic rings. The van der Waals surface area contributed by atoms with Gasteiger partial charge in [0.25, 0.3) is 0 Å². The number of aryl methyl sites for hydroxylation is 2. The van der Waals surface area contributed by atoms with E-state index in [0.717, 1.165) is 18.3 Å². The third kappa shape index (κ3) is 4.06. The Labute approximate surface area is 117 Å². The van der Waals surface area contributed by atoms with E-state index < -0.39 is 11.6 Å². The fourth-order valence-corrected chi connectivity index (χ4v) is 1.87. The summed E-state index contributed by atoms with van der Waals surface area (Å²) in [5.74, 6) is -1.70. The Morgan fingerprint density at radius 2 is 2.10 bits per heavy atom. The van der Waals surface area contributed by atoms with Crippen LogP contribution in [0, 0.1) is 13.8 Å². The number of rotatable bonds is 6. The van der Waals surface area contributed by atoms with Crippen molar-refractivity contribution >= 4 is 11.9 Å². The van der Waals surface area contributed by atoms with Crippen molar-refractivity contribution in [2.24, 2.45) is 0 Å². The Morgan fingerprint density at radius 1 is 1.50 bits per heavy atom. The van der Waals surface area contributed by atoms with Gasteiger partial charge in [0.1, 0.15) is 0 Å². The topological polar surface area (TPSA) is 104 Å². The molecule has 1 aromatic heterocycles. The quantitative estimate of drug-likeness (QED) is 0.701. The van der Waals surface area contributed by atoms with Gasteiger partial charge in [0.2, 0.25) is 5.91 Å². The third-order valence-electron chi connectivity index (χ3n) is 3.03. The molecule has 1 amide bonds. The number of carboxylic acid groups (broad SMARTS) is 1. The van der Waals surface area contributed by atoms with Crippen LogP contribution in [0.25, 0.3) is 0 Å². The van der Waals surface area contributed by atoms with Gasteiger partial charge in [-0.05, 0) is 33.8 Å². The zero-order valence-corrected chi connectivity index (χ0v) is 12.2. The lowest BCUT2D eigenvalue weighted by Gasteiger charge is -2.19. The summed E-state index contributed by atoms with van der Waals surface area (Å²) in [5, 5.41) is 25.0. The second kappa shape index (κ2) is 6.04. The fraction of sp³-hybridized carbons (Fsp3) is 0.615. The Balaban J connectivity index is 2.55. The maximum absolute atomic E-state index is 11.8. The summed E-state index contributed by atoms with van der Waals surface area (Å²) in [4.78, 5) is 22.5. The molecule has 7 nitrogen and oxygen atoms in total. The highest BCUT2D eigenvalue weighted by atomic mass is 16.4. The molecule has 1 aromatic rings. The van der Waals surface area contributed by atoms with E-state index in [0.29, 0.717) is 0 Å². The van der Waals surface area contributed by atoms with Crippen LogP contribution in [0.1, 0.15) is 37.7 Å². The molecule has 0 fully saturated rings. The molecule has 2 atom stereocenters. The predicted octanol–water partition coefficient (Wildman–Crippen LogP) is 0.403. The van der Waals surface area contributed by atoms with E-state index >= 15 is 0 Å². The van der Waals surface area contributed by atoms with Crippen molar-refractivity contribution in [3.63, 3.8) is 0 Å². The first-order chi connectivity index (χ1) is 9.13. The van der Waals surface area contributed by atoms with Gasteiger partial charge in [-0.15, -0.1) is 0 Å². The minimum absolute atomic E-state index is 0.140. The minimum Gasteiger partial charge on any atom is -0.479 e. The zero-order valence-electron chi connectivity index (χ0n) is 12.2. The number of aliphatic hydroxyl groups is 1. The number of aromatic nitrogens is 2. The van der Waals surface area contributed by atoms with Gasteiger partial charge in [0.05, 0.1) is 18.3 Å². The minimum atomic E-state index is -1.96. The summed E-state index contributed by atoms with van der Waals surface area (Å²) in [5.41, 5.74) is -0.124. The highest BCUT2D eigenvalue weighted by Crippen LogP contribution is 2.14. The van der Waals surface area contributed by atoms with Gasteiger partial charge < -0.3 is 15.5 Å². The van der Waals surface area contributed by atoms with Crippen molar-refractivity contribution in [3.8, 4) is 0 Å². The molecule has 1 rings (SSSR count). The van der Waals surface area contributed by atoms with Gasteiger partial charge in [-0.2, -0.15) is 5.10 Å². The molecule has 0 saturated heterocycles. The number of carbonyl (C=O) groups is 2. The van der Waals surface area contributed by atoms with Crippen molar-refractivity contribution in [1.29, 1.82) is 0 Å². The van der Waals surface area contributed by atoms with Crippen LogP contribution >= 0.6 is 0 Å². The van der Waals surface area contributed by atoms with Gasteiger partial charge in [-0.3, -0.25) is 9.48 Å². The number of nitrogens with one attached hydrogen (secondary N) is 1. The molecular formula is C13H21N3O4. The van der Waals surface area contributed by atoms with E-state index in [1.54, 1.807) is 4.68 Å². The second-order valence-corrected chi connectivity index (χ2v) is 5.28. The number of hydrogen-bond acceptors (Lipinski definition) is 4. The Hall–Kier alpha value is -1.89. The van der Waals surface area contributed by atoms with E-state index in [2.05, 4.69) is 10.4 Å². The molecule has 0 aliphatic heterocycles. The fourth-order valence-electron chi connectivity index (χ4n) is 1.87. The number of amides is 1. The van der Waals surface area contributed by atoms with Gasteiger partial charge in [0, 0.05) is 12.1 Å². The van der Waals surface area contributed by atoms with Crippen molar-refractivity contribution in [2.45, 2.75) is 45.8 Å². The summed E-state index contributed by atoms with van der Waals surface area (Å²) < 4.78 is 1.75. The molecule has 1 heterocycles. The number of hydrogen-bond donors (Lipinski definition) is 3. The number of carboxylic acids is 1. The lowest BCUT2D eigenvalue weighted by Crippen LogP contribution is -2.46. The van der Waals surface area contributed by atoms with Crippen LogP contribution in [0.3, 0.4) is 0 Å². The Morgan fingerprint density at radius 3 is 2.55 bits per heavy atom. The summed E-state index contributed by atoms with van der Waals surface area (Å²) in [6.07, 6.45) is 0.164. The highest BCUT2D eigenvalue weighted by molar-refractivity contribution is 5.80. The van der Waals surface area contributed by atoms with E-state index in [4.69, 9.17) is 5.11 Å². The van der Waals surface area contributed by atoms with E-state index in [9.17, 15) is 14.7 Å².